The Bertz CT molecular complexity index is 189. The van der Waals surface area contributed by atoms with E-state index in [9.17, 15) is 0 Å². The van der Waals surface area contributed by atoms with Crippen LogP contribution in [-0.4, -0.2) is 25.0 Å². The number of piperidine rings is 1. The zero-order valence-electron chi connectivity index (χ0n) is 8.10. The van der Waals surface area contributed by atoms with Crippen molar-refractivity contribution in [3.05, 3.63) is 12.2 Å². The summed E-state index contributed by atoms with van der Waals surface area (Å²) in [6, 6.07) is 0. The van der Waals surface area contributed by atoms with Crippen LogP contribution in [0.25, 0.3) is 0 Å². The molecule has 1 heterocycles. The molecule has 1 aliphatic carbocycles. The fourth-order valence-corrected chi connectivity index (χ4v) is 2.86. The van der Waals surface area contributed by atoms with E-state index >= 15 is 0 Å². The maximum Gasteiger partial charge on any atom is 0.00723 e. The third-order valence-electron chi connectivity index (χ3n) is 3.68. The fourth-order valence-electron chi connectivity index (χ4n) is 2.86. The quantitative estimate of drug-likeness (QED) is 0.498. The van der Waals surface area contributed by atoms with E-state index in [1.807, 2.05) is 0 Å². The van der Waals surface area contributed by atoms with Crippen molar-refractivity contribution in [2.45, 2.75) is 32.1 Å². The summed E-state index contributed by atoms with van der Waals surface area (Å²) < 4.78 is 0. The van der Waals surface area contributed by atoms with Crippen LogP contribution < -0.4 is 0 Å². The van der Waals surface area contributed by atoms with Gasteiger partial charge in [0.15, 0.2) is 0 Å². The Hall–Kier alpha value is -0.300. The van der Waals surface area contributed by atoms with Gasteiger partial charge in [-0.1, -0.05) is 25.0 Å². The van der Waals surface area contributed by atoms with Crippen LogP contribution in [0.2, 0.25) is 0 Å². The Labute approximate surface area is 75.4 Å². The fraction of sp³-hybridized carbons (Fsp3) is 0.818. The summed E-state index contributed by atoms with van der Waals surface area (Å²) in [5, 5.41) is 0. The Morgan fingerprint density at radius 3 is 2.67 bits per heavy atom. The summed E-state index contributed by atoms with van der Waals surface area (Å²) in [6.45, 7) is 6.75. The Morgan fingerprint density at radius 2 is 2.00 bits per heavy atom. The summed E-state index contributed by atoms with van der Waals surface area (Å²) >= 11 is 0. The van der Waals surface area contributed by atoms with E-state index < -0.39 is 0 Å². The normalized spacial score (nSPS) is 29.9. The summed E-state index contributed by atoms with van der Waals surface area (Å²) in [4.78, 5) is 2.47. The van der Waals surface area contributed by atoms with Gasteiger partial charge in [0.05, 0.1) is 0 Å². The van der Waals surface area contributed by atoms with Crippen LogP contribution in [0.4, 0.5) is 0 Å². The zero-order chi connectivity index (χ0) is 8.60. The van der Waals surface area contributed by atoms with Gasteiger partial charge in [-0.25, -0.2) is 0 Å². The van der Waals surface area contributed by atoms with Crippen molar-refractivity contribution in [2.75, 3.05) is 20.1 Å². The summed E-state index contributed by atoms with van der Waals surface area (Å²) in [6.07, 6.45) is 6.88. The lowest BCUT2D eigenvalue weighted by atomic mass is 9.75. The molecule has 1 heteroatoms. The maximum atomic E-state index is 4.26. The summed E-state index contributed by atoms with van der Waals surface area (Å²) in [5.41, 5.74) is 2.07. The van der Waals surface area contributed by atoms with E-state index in [1.54, 1.807) is 0 Å². The van der Waals surface area contributed by atoms with Crippen molar-refractivity contribution >= 4 is 0 Å². The van der Waals surface area contributed by atoms with Crippen molar-refractivity contribution in [1.82, 2.24) is 4.90 Å². The second-order valence-corrected chi connectivity index (χ2v) is 4.58. The van der Waals surface area contributed by atoms with Gasteiger partial charge in [-0.2, -0.15) is 0 Å². The number of rotatable bonds is 0. The predicted octanol–water partition coefficient (Wildman–Crippen LogP) is 2.44. The largest absolute Gasteiger partial charge is 0.305 e. The maximum absolute atomic E-state index is 4.26. The van der Waals surface area contributed by atoms with E-state index in [-0.39, 0.29) is 0 Å². The number of hydrogen-bond acceptors (Lipinski definition) is 1. The van der Waals surface area contributed by atoms with Crippen LogP contribution in [0.3, 0.4) is 0 Å². The highest BCUT2D eigenvalue weighted by Crippen LogP contribution is 2.47. The van der Waals surface area contributed by atoms with Gasteiger partial charge in [0.1, 0.15) is 0 Å². The molecule has 1 saturated carbocycles. The first-order valence-electron chi connectivity index (χ1n) is 5.10. The van der Waals surface area contributed by atoms with Gasteiger partial charge in [0.2, 0.25) is 0 Å². The highest BCUT2D eigenvalue weighted by Gasteiger charge is 2.39. The minimum atomic E-state index is 0.535. The molecule has 0 N–H and O–H groups in total. The van der Waals surface area contributed by atoms with Crippen LogP contribution in [0.1, 0.15) is 32.1 Å². The van der Waals surface area contributed by atoms with Gasteiger partial charge in [0.25, 0.3) is 0 Å². The number of nitrogens with zero attached hydrogens (tertiary/aromatic N) is 1. The molecule has 0 aromatic heterocycles. The predicted molar refractivity (Wildman–Crippen MR) is 52.2 cm³/mol. The molecule has 1 nitrogen and oxygen atoms in total. The van der Waals surface area contributed by atoms with Gasteiger partial charge >= 0.3 is 0 Å². The third kappa shape index (κ3) is 1.20. The molecule has 0 amide bonds. The number of likely N-dealkylation sites (tertiary alicyclic amines) is 1. The monoisotopic (exact) mass is 165 g/mol. The van der Waals surface area contributed by atoms with E-state index in [0.29, 0.717) is 5.41 Å². The molecule has 2 fully saturated rings. The smallest absolute Gasteiger partial charge is 0.00723 e. The summed E-state index contributed by atoms with van der Waals surface area (Å²) in [5.74, 6) is 0. The highest BCUT2D eigenvalue weighted by molar-refractivity contribution is 5.16. The highest BCUT2D eigenvalue weighted by atomic mass is 15.1. The molecule has 1 saturated heterocycles. The number of hydrogen-bond donors (Lipinski definition) is 0. The molecule has 2 rings (SSSR count). The second kappa shape index (κ2) is 2.88. The molecule has 68 valence electrons. The molecule has 1 spiro atoms. The molecule has 1 aliphatic heterocycles. The Balaban J connectivity index is 2.14. The topological polar surface area (TPSA) is 3.24 Å². The first kappa shape index (κ1) is 8.31. The molecule has 0 aromatic carbocycles. The Kier molecular flexibility index (Phi) is 1.99. The van der Waals surface area contributed by atoms with E-state index in [1.165, 1.54) is 50.8 Å². The standard InChI is InChI=1S/C11H19N/c1-10-5-8-12(2)9-11(10)6-3-4-7-11/h1,3-9H2,2H3. The molecule has 0 atom stereocenters. The summed E-state index contributed by atoms with van der Waals surface area (Å²) in [7, 11) is 2.24. The second-order valence-electron chi connectivity index (χ2n) is 4.58. The first-order chi connectivity index (χ1) is 5.73. The lowest BCUT2D eigenvalue weighted by Gasteiger charge is -2.40. The lowest BCUT2D eigenvalue weighted by Crippen LogP contribution is -2.40. The Morgan fingerprint density at radius 1 is 1.33 bits per heavy atom. The third-order valence-corrected chi connectivity index (χ3v) is 3.68. The average Bonchev–Trinajstić information content (AvgIpc) is 2.48. The first-order valence-corrected chi connectivity index (χ1v) is 5.10. The van der Waals surface area contributed by atoms with Crippen molar-refractivity contribution in [2.24, 2.45) is 5.41 Å². The van der Waals surface area contributed by atoms with Gasteiger partial charge in [-0.15, -0.1) is 0 Å². The molecular formula is C11H19N. The SMILES string of the molecule is C=C1CCN(C)CC12CCCC2. The molecule has 12 heavy (non-hydrogen) atoms. The van der Waals surface area contributed by atoms with Crippen molar-refractivity contribution in [1.29, 1.82) is 0 Å². The van der Waals surface area contributed by atoms with Crippen LogP contribution in [0.15, 0.2) is 12.2 Å². The van der Waals surface area contributed by atoms with Gasteiger partial charge < -0.3 is 4.90 Å². The van der Waals surface area contributed by atoms with Crippen molar-refractivity contribution in [3.8, 4) is 0 Å². The van der Waals surface area contributed by atoms with E-state index in [0.717, 1.165) is 0 Å². The van der Waals surface area contributed by atoms with E-state index in [2.05, 4.69) is 18.5 Å². The molecule has 0 unspecified atom stereocenters. The van der Waals surface area contributed by atoms with Crippen molar-refractivity contribution in [3.63, 3.8) is 0 Å². The van der Waals surface area contributed by atoms with Gasteiger partial charge in [-0.05, 0) is 26.3 Å². The minimum absolute atomic E-state index is 0.535. The average molecular weight is 165 g/mol. The zero-order valence-corrected chi connectivity index (χ0v) is 8.10. The van der Waals surface area contributed by atoms with Crippen molar-refractivity contribution < 1.29 is 0 Å². The molecule has 0 aromatic rings. The van der Waals surface area contributed by atoms with Gasteiger partial charge in [0, 0.05) is 18.5 Å². The van der Waals surface area contributed by atoms with Crippen LogP contribution in [-0.2, 0) is 0 Å². The van der Waals surface area contributed by atoms with Crippen LogP contribution >= 0.6 is 0 Å². The van der Waals surface area contributed by atoms with Crippen LogP contribution in [0, 0.1) is 5.41 Å². The molecular weight excluding hydrogens is 146 g/mol. The molecule has 0 radical (unpaired) electrons. The molecule has 2 aliphatic rings. The molecule has 0 bridgehead atoms. The van der Waals surface area contributed by atoms with Gasteiger partial charge in [-0.3, -0.25) is 0 Å². The van der Waals surface area contributed by atoms with E-state index in [4.69, 9.17) is 0 Å². The minimum Gasteiger partial charge on any atom is -0.305 e. The van der Waals surface area contributed by atoms with Crippen LogP contribution in [0.5, 0.6) is 0 Å². The lowest BCUT2D eigenvalue weighted by molar-refractivity contribution is 0.173.